The summed E-state index contributed by atoms with van der Waals surface area (Å²) in [5, 5.41) is 7.06. The van der Waals surface area contributed by atoms with Crippen LogP contribution in [0.1, 0.15) is 42.5 Å². The Morgan fingerprint density at radius 1 is 1.39 bits per heavy atom. The van der Waals surface area contributed by atoms with E-state index in [4.69, 9.17) is 0 Å². The molecule has 0 unspecified atom stereocenters. The zero-order valence-electron chi connectivity index (χ0n) is 13.2. The van der Waals surface area contributed by atoms with Gasteiger partial charge in [0.1, 0.15) is 5.65 Å². The highest BCUT2D eigenvalue weighted by molar-refractivity contribution is 7.05. The molecule has 7 heteroatoms. The summed E-state index contributed by atoms with van der Waals surface area (Å²) in [6, 6.07) is 5.86. The van der Waals surface area contributed by atoms with Crippen LogP contribution in [-0.2, 0) is 17.8 Å². The number of pyridine rings is 1. The lowest BCUT2D eigenvalue weighted by Crippen LogP contribution is -2.23. The van der Waals surface area contributed by atoms with Gasteiger partial charge in [-0.2, -0.15) is 0 Å². The van der Waals surface area contributed by atoms with Gasteiger partial charge >= 0.3 is 0 Å². The molecule has 0 radical (unpaired) electrons. The first-order valence-electron chi connectivity index (χ1n) is 7.64. The van der Waals surface area contributed by atoms with Gasteiger partial charge in [-0.3, -0.25) is 4.79 Å². The predicted molar refractivity (Wildman–Crippen MR) is 89.4 cm³/mol. The standard InChI is InChI=1S/C16H19N5OS/c1-11(2)16-13(23-20-19-16)9-17-15(22)7-6-12-10-21-8-4-3-5-14(21)18-12/h3-5,8,10-11H,6-7,9H2,1-2H3,(H,17,22). The average molecular weight is 329 g/mol. The number of imidazole rings is 1. The van der Waals surface area contributed by atoms with E-state index in [2.05, 4.69) is 33.7 Å². The minimum atomic E-state index is 0.0187. The van der Waals surface area contributed by atoms with Crippen LogP contribution < -0.4 is 5.32 Å². The summed E-state index contributed by atoms with van der Waals surface area (Å²) in [5.41, 5.74) is 2.80. The lowest BCUT2D eigenvalue weighted by Gasteiger charge is -2.05. The highest BCUT2D eigenvalue weighted by atomic mass is 32.1. The number of aryl methyl sites for hydroxylation is 1. The summed E-state index contributed by atoms with van der Waals surface area (Å²) < 4.78 is 5.93. The van der Waals surface area contributed by atoms with Crippen molar-refractivity contribution >= 4 is 23.1 Å². The molecule has 23 heavy (non-hydrogen) atoms. The molecule has 1 amide bonds. The summed E-state index contributed by atoms with van der Waals surface area (Å²) in [7, 11) is 0. The number of hydrogen-bond donors (Lipinski definition) is 1. The number of aromatic nitrogens is 4. The maximum absolute atomic E-state index is 12.0. The molecule has 0 saturated heterocycles. The molecule has 3 aromatic heterocycles. The maximum Gasteiger partial charge on any atom is 0.220 e. The van der Waals surface area contributed by atoms with Crippen LogP contribution in [0.2, 0.25) is 0 Å². The van der Waals surface area contributed by atoms with E-state index in [1.807, 2.05) is 35.0 Å². The van der Waals surface area contributed by atoms with Gasteiger partial charge in [-0.1, -0.05) is 24.4 Å². The SMILES string of the molecule is CC(C)c1nnsc1CNC(=O)CCc1cn2ccccc2n1. The number of amides is 1. The average Bonchev–Trinajstić information content (AvgIpc) is 3.16. The molecule has 120 valence electrons. The van der Waals surface area contributed by atoms with Gasteiger partial charge in [0.25, 0.3) is 0 Å². The fourth-order valence-corrected chi connectivity index (χ4v) is 3.13. The number of carbonyl (C=O) groups excluding carboxylic acids is 1. The summed E-state index contributed by atoms with van der Waals surface area (Å²) >= 11 is 1.35. The van der Waals surface area contributed by atoms with Crippen molar-refractivity contribution in [1.29, 1.82) is 0 Å². The van der Waals surface area contributed by atoms with E-state index in [0.717, 1.165) is 21.9 Å². The Balaban J connectivity index is 1.52. The van der Waals surface area contributed by atoms with Gasteiger partial charge in [-0.05, 0) is 36.0 Å². The molecule has 0 spiro atoms. The Bertz CT molecular complexity index is 775. The first-order chi connectivity index (χ1) is 11.1. The van der Waals surface area contributed by atoms with Crippen molar-refractivity contribution in [2.75, 3.05) is 0 Å². The fourth-order valence-electron chi connectivity index (χ4n) is 2.39. The van der Waals surface area contributed by atoms with Crippen molar-refractivity contribution in [2.24, 2.45) is 0 Å². The maximum atomic E-state index is 12.0. The van der Waals surface area contributed by atoms with Crippen LogP contribution in [0, 0.1) is 0 Å². The molecule has 6 nitrogen and oxygen atoms in total. The summed E-state index contributed by atoms with van der Waals surface area (Å²) in [4.78, 5) is 17.6. The van der Waals surface area contributed by atoms with Crippen LogP contribution in [0.4, 0.5) is 0 Å². The second kappa shape index (κ2) is 6.87. The first-order valence-corrected chi connectivity index (χ1v) is 8.41. The lowest BCUT2D eigenvalue weighted by atomic mass is 10.1. The van der Waals surface area contributed by atoms with Crippen LogP contribution in [0.5, 0.6) is 0 Å². The molecule has 0 aromatic carbocycles. The first kappa shape index (κ1) is 15.6. The van der Waals surface area contributed by atoms with Gasteiger partial charge in [0.15, 0.2) is 0 Å². The van der Waals surface area contributed by atoms with E-state index in [-0.39, 0.29) is 5.91 Å². The molecule has 3 rings (SSSR count). The Kier molecular flexibility index (Phi) is 4.66. The Labute approximate surface area is 138 Å². The number of nitrogens with zero attached hydrogens (tertiary/aromatic N) is 4. The van der Waals surface area contributed by atoms with Crippen molar-refractivity contribution in [2.45, 2.75) is 39.2 Å². The van der Waals surface area contributed by atoms with E-state index in [1.54, 1.807) is 0 Å². The van der Waals surface area contributed by atoms with Crippen LogP contribution >= 0.6 is 11.5 Å². The number of fused-ring (bicyclic) bond motifs is 1. The summed E-state index contributed by atoms with van der Waals surface area (Å²) in [5.74, 6) is 0.337. The fraction of sp³-hybridized carbons (Fsp3) is 0.375. The molecule has 0 aliphatic rings. The Morgan fingerprint density at radius 3 is 3.04 bits per heavy atom. The van der Waals surface area contributed by atoms with Gasteiger partial charge in [-0.25, -0.2) is 4.98 Å². The van der Waals surface area contributed by atoms with Gasteiger partial charge < -0.3 is 9.72 Å². The van der Waals surface area contributed by atoms with Crippen LogP contribution in [0.25, 0.3) is 5.65 Å². The predicted octanol–water partition coefficient (Wildman–Crippen LogP) is 2.56. The van der Waals surface area contributed by atoms with Crippen molar-refractivity contribution in [3.05, 3.63) is 46.9 Å². The number of nitrogens with one attached hydrogen (secondary N) is 1. The van der Waals surface area contributed by atoms with Crippen LogP contribution in [0.3, 0.4) is 0 Å². The Hall–Kier alpha value is -2.28. The molecule has 0 fully saturated rings. The molecule has 1 N–H and O–H groups in total. The van der Waals surface area contributed by atoms with Crippen molar-refractivity contribution in [1.82, 2.24) is 24.3 Å². The minimum absolute atomic E-state index is 0.0187. The normalized spacial score (nSPS) is 11.3. The molecule has 0 bridgehead atoms. The molecular weight excluding hydrogens is 310 g/mol. The number of carbonyl (C=O) groups is 1. The van der Waals surface area contributed by atoms with E-state index >= 15 is 0 Å². The second-order valence-electron chi connectivity index (χ2n) is 5.71. The summed E-state index contributed by atoms with van der Waals surface area (Å²) in [6.07, 6.45) is 4.97. The molecule has 0 atom stereocenters. The highest BCUT2D eigenvalue weighted by Crippen LogP contribution is 2.19. The van der Waals surface area contributed by atoms with E-state index in [0.29, 0.717) is 25.3 Å². The minimum Gasteiger partial charge on any atom is -0.351 e. The number of hydrogen-bond acceptors (Lipinski definition) is 5. The largest absolute Gasteiger partial charge is 0.351 e. The van der Waals surface area contributed by atoms with Gasteiger partial charge in [0, 0.05) is 18.8 Å². The number of rotatable bonds is 6. The molecule has 0 saturated carbocycles. The zero-order valence-corrected chi connectivity index (χ0v) is 14.0. The van der Waals surface area contributed by atoms with Gasteiger partial charge in [-0.15, -0.1) is 5.10 Å². The van der Waals surface area contributed by atoms with E-state index < -0.39 is 0 Å². The third kappa shape index (κ3) is 3.73. The van der Waals surface area contributed by atoms with Crippen molar-refractivity contribution in [3.63, 3.8) is 0 Å². The molecule has 3 heterocycles. The van der Waals surface area contributed by atoms with Gasteiger partial charge in [0.2, 0.25) is 5.91 Å². The van der Waals surface area contributed by atoms with Crippen LogP contribution in [0.15, 0.2) is 30.6 Å². The molecule has 0 aliphatic carbocycles. The smallest absolute Gasteiger partial charge is 0.220 e. The lowest BCUT2D eigenvalue weighted by molar-refractivity contribution is -0.121. The van der Waals surface area contributed by atoms with Gasteiger partial charge in [0.05, 0.1) is 22.8 Å². The highest BCUT2D eigenvalue weighted by Gasteiger charge is 2.12. The third-order valence-electron chi connectivity index (χ3n) is 3.60. The monoisotopic (exact) mass is 329 g/mol. The quantitative estimate of drug-likeness (QED) is 0.754. The zero-order chi connectivity index (χ0) is 16.2. The van der Waals surface area contributed by atoms with Crippen molar-refractivity contribution in [3.8, 4) is 0 Å². The van der Waals surface area contributed by atoms with Crippen LogP contribution in [-0.4, -0.2) is 24.9 Å². The third-order valence-corrected chi connectivity index (χ3v) is 4.34. The molecule has 3 aromatic rings. The van der Waals surface area contributed by atoms with E-state index in [9.17, 15) is 4.79 Å². The Morgan fingerprint density at radius 2 is 2.26 bits per heavy atom. The topological polar surface area (TPSA) is 72.2 Å². The summed E-state index contributed by atoms with van der Waals surface area (Å²) in [6.45, 7) is 4.64. The molecule has 0 aliphatic heterocycles. The molecular formula is C16H19N5OS. The second-order valence-corrected chi connectivity index (χ2v) is 6.55. The van der Waals surface area contributed by atoms with E-state index in [1.165, 1.54) is 11.5 Å². The van der Waals surface area contributed by atoms with Crippen molar-refractivity contribution < 1.29 is 4.79 Å².